The van der Waals surface area contributed by atoms with Gasteiger partial charge in [-0.2, -0.15) is 0 Å². The summed E-state index contributed by atoms with van der Waals surface area (Å²) >= 11 is 3.45. The Morgan fingerprint density at radius 2 is 1.96 bits per heavy atom. The van der Waals surface area contributed by atoms with Crippen LogP contribution in [0.25, 0.3) is 11.0 Å². The standard InChI is InChI=1S/C18H15BrO4/c1-11-7-18(20)23-17-9-13(4-5-14(11)17)22-10-12-3-6-16(21-2)15(19)8-12/h3-9H,10H2,1-2H3. The van der Waals surface area contributed by atoms with Crippen LogP contribution in [0.1, 0.15) is 11.1 Å². The topological polar surface area (TPSA) is 48.7 Å². The first-order chi connectivity index (χ1) is 11.1. The quantitative estimate of drug-likeness (QED) is 0.632. The van der Waals surface area contributed by atoms with E-state index in [1.54, 1.807) is 13.2 Å². The second-order valence-corrected chi connectivity index (χ2v) is 6.02. The summed E-state index contributed by atoms with van der Waals surface area (Å²) in [6.45, 7) is 2.29. The van der Waals surface area contributed by atoms with Crippen molar-refractivity contribution in [3.05, 3.63) is 68.5 Å². The molecule has 2 aromatic carbocycles. The minimum absolute atomic E-state index is 0.355. The molecule has 118 valence electrons. The molecular formula is C18H15BrO4. The molecule has 0 bridgehead atoms. The molecule has 0 aliphatic heterocycles. The lowest BCUT2D eigenvalue weighted by atomic mass is 10.1. The molecule has 0 unspecified atom stereocenters. The highest BCUT2D eigenvalue weighted by molar-refractivity contribution is 9.10. The number of benzene rings is 2. The third-order valence-electron chi connectivity index (χ3n) is 3.54. The van der Waals surface area contributed by atoms with Gasteiger partial charge in [0.05, 0.1) is 11.6 Å². The van der Waals surface area contributed by atoms with Gasteiger partial charge < -0.3 is 13.9 Å². The number of hydrogen-bond donors (Lipinski definition) is 0. The Bertz CT molecular complexity index is 915. The largest absolute Gasteiger partial charge is 0.496 e. The number of hydrogen-bond acceptors (Lipinski definition) is 4. The van der Waals surface area contributed by atoms with Crippen LogP contribution in [0.5, 0.6) is 11.5 Å². The lowest BCUT2D eigenvalue weighted by molar-refractivity contribution is 0.305. The fourth-order valence-corrected chi connectivity index (χ4v) is 2.95. The highest BCUT2D eigenvalue weighted by atomic mass is 79.9. The van der Waals surface area contributed by atoms with Gasteiger partial charge in [-0.15, -0.1) is 0 Å². The Kier molecular flexibility index (Phi) is 4.39. The van der Waals surface area contributed by atoms with Gasteiger partial charge in [0.15, 0.2) is 0 Å². The van der Waals surface area contributed by atoms with Crippen molar-refractivity contribution >= 4 is 26.9 Å². The minimum Gasteiger partial charge on any atom is -0.496 e. The minimum atomic E-state index is -0.355. The first-order valence-corrected chi connectivity index (χ1v) is 7.86. The van der Waals surface area contributed by atoms with E-state index >= 15 is 0 Å². The van der Waals surface area contributed by atoms with Crippen molar-refractivity contribution in [3.8, 4) is 11.5 Å². The zero-order valence-corrected chi connectivity index (χ0v) is 14.3. The van der Waals surface area contributed by atoms with E-state index in [-0.39, 0.29) is 5.63 Å². The van der Waals surface area contributed by atoms with Crippen molar-refractivity contribution in [3.63, 3.8) is 0 Å². The summed E-state index contributed by atoms with van der Waals surface area (Å²) in [5, 5.41) is 0.907. The van der Waals surface area contributed by atoms with E-state index in [4.69, 9.17) is 13.9 Å². The smallest absolute Gasteiger partial charge is 0.336 e. The van der Waals surface area contributed by atoms with Crippen LogP contribution in [0.4, 0.5) is 0 Å². The number of ether oxygens (including phenoxy) is 2. The summed E-state index contributed by atoms with van der Waals surface area (Å²) in [5.41, 5.74) is 2.07. The molecule has 0 aliphatic rings. The molecule has 0 saturated heterocycles. The Morgan fingerprint density at radius 1 is 1.13 bits per heavy atom. The van der Waals surface area contributed by atoms with Crippen LogP contribution < -0.4 is 15.1 Å². The number of fused-ring (bicyclic) bond motifs is 1. The Labute approximate surface area is 141 Å². The van der Waals surface area contributed by atoms with Crippen LogP contribution in [-0.4, -0.2) is 7.11 Å². The summed E-state index contributed by atoms with van der Waals surface area (Å²) in [6.07, 6.45) is 0. The Morgan fingerprint density at radius 3 is 2.70 bits per heavy atom. The monoisotopic (exact) mass is 374 g/mol. The lowest BCUT2D eigenvalue weighted by Gasteiger charge is -2.09. The molecule has 23 heavy (non-hydrogen) atoms. The predicted molar refractivity (Wildman–Crippen MR) is 92.2 cm³/mol. The first kappa shape index (κ1) is 15.6. The maximum Gasteiger partial charge on any atom is 0.336 e. The lowest BCUT2D eigenvalue weighted by Crippen LogP contribution is -1.99. The van der Waals surface area contributed by atoms with Crippen LogP contribution in [0.3, 0.4) is 0 Å². The third-order valence-corrected chi connectivity index (χ3v) is 4.16. The third kappa shape index (κ3) is 3.40. The molecule has 4 nitrogen and oxygen atoms in total. The van der Waals surface area contributed by atoms with Gasteiger partial charge in [-0.1, -0.05) is 6.07 Å². The molecule has 5 heteroatoms. The second kappa shape index (κ2) is 6.46. The predicted octanol–water partition coefficient (Wildman–Crippen LogP) is 4.45. The summed E-state index contributed by atoms with van der Waals surface area (Å²) in [5.74, 6) is 1.43. The molecule has 0 saturated carbocycles. The molecular weight excluding hydrogens is 360 g/mol. The van der Waals surface area contributed by atoms with Gasteiger partial charge in [0.2, 0.25) is 0 Å². The maximum atomic E-state index is 11.5. The highest BCUT2D eigenvalue weighted by Gasteiger charge is 2.06. The van der Waals surface area contributed by atoms with Crippen molar-refractivity contribution in [1.29, 1.82) is 0 Å². The van der Waals surface area contributed by atoms with Crippen LogP contribution >= 0.6 is 15.9 Å². The van der Waals surface area contributed by atoms with Gasteiger partial charge in [-0.05, 0) is 58.2 Å². The van der Waals surface area contributed by atoms with Gasteiger partial charge in [0, 0.05) is 17.5 Å². The van der Waals surface area contributed by atoms with Crippen molar-refractivity contribution in [2.45, 2.75) is 13.5 Å². The second-order valence-electron chi connectivity index (χ2n) is 5.16. The van der Waals surface area contributed by atoms with E-state index in [0.29, 0.717) is 17.9 Å². The van der Waals surface area contributed by atoms with E-state index in [1.165, 1.54) is 6.07 Å². The number of methoxy groups -OCH3 is 1. The molecule has 0 aliphatic carbocycles. The van der Waals surface area contributed by atoms with Crippen molar-refractivity contribution in [2.24, 2.45) is 0 Å². The number of aryl methyl sites for hydroxylation is 1. The average molecular weight is 375 g/mol. The molecule has 0 amide bonds. The van der Waals surface area contributed by atoms with Gasteiger partial charge in [0.1, 0.15) is 23.7 Å². The Hall–Kier alpha value is -2.27. The van der Waals surface area contributed by atoms with E-state index in [1.807, 2.05) is 37.3 Å². The molecule has 3 aromatic rings. The number of halogens is 1. The van der Waals surface area contributed by atoms with Gasteiger partial charge >= 0.3 is 5.63 Å². The molecule has 1 aromatic heterocycles. The summed E-state index contributed by atoms with van der Waals surface area (Å²) in [4.78, 5) is 11.5. The molecule has 0 spiro atoms. The van der Waals surface area contributed by atoms with Gasteiger partial charge in [-0.25, -0.2) is 4.79 Å². The number of rotatable bonds is 4. The summed E-state index contributed by atoms with van der Waals surface area (Å²) < 4.78 is 17.1. The zero-order chi connectivity index (χ0) is 16.4. The molecule has 0 N–H and O–H groups in total. The van der Waals surface area contributed by atoms with Crippen molar-refractivity contribution in [2.75, 3.05) is 7.11 Å². The Balaban J connectivity index is 1.82. The molecule has 0 fully saturated rings. The van der Waals surface area contributed by atoms with Gasteiger partial charge in [-0.3, -0.25) is 0 Å². The van der Waals surface area contributed by atoms with Crippen molar-refractivity contribution in [1.82, 2.24) is 0 Å². The summed E-state index contributed by atoms with van der Waals surface area (Å²) in [7, 11) is 1.63. The van der Waals surface area contributed by atoms with Crippen LogP contribution in [0, 0.1) is 6.92 Å². The normalized spacial score (nSPS) is 10.7. The van der Waals surface area contributed by atoms with Crippen LogP contribution in [0.2, 0.25) is 0 Å². The van der Waals surface area contributed by atoms with E-state index < -0.39 is 0 Å². The SMILES string of the molecule is COc1ccc(COc2ccc3c(C)cc(=O)oc3c2)cc1Br. The van der Waals surface area contributed by atoms with E-state index in [9.17, 15) is 4.79 Å². The molecule has 0 atom stereocenters. The van der Waals surface area contributed by atoms with Gasteiger partial charge in [0.25, 0.3) is 0 Å². The fourth-order valence-electron chi connectivity index (χ4n) is 2.36. The zero-order valence-electron chi connectivity index (χ0n) is 12.8. The molecule has 0 radical (unpaired) electrons. The van der Waals surface area contributed by atoms with E-state index in [2.05, 4.69) is 15.9 Å². The fraction of sp³-hybridized carbons (Fsp3) is 0.167. The van der Waals surface area contributed by atoms with E-state index in [0.717, 1.165) is 26.7 Å². The first-order valence-electron chi connectivity index (χ1n) is 7.06. The highest BCUT2D eigenvalue weighted by Crippen LogP contribution is 2.27. The molecule has 1 heterocycles. The van der Waals surface area contributed by atoms with Crippen LogP contribution in [0.15, 0.2) is 56.1 Å². The average Bonchev–Trinajstić information content (AvgIpc) is 2.52. The summed E-state index contributed by atoms with van der Waals surface area (Å²) in [6, 6.07) is 12.8. The van der Waals surface area contributed by atoms with Crippen molar-refractivity contribution < 1.29 is 13.9 Å². The maximum absolute atomic E-state index is 11.5. The molecule has 3 rings (SSSR count). The van der Waals surface area contributed by atoms with Crippen LogP contribution in [-0.2, 0) is 6.61 Å².